The average molecular weight is 225 g/mol. The zero-order valence-corrected chi connectivity index (χ0v) is 9.29. The second kappa shape index (κ2) is 4.70. The van der Waals surface area contributed by atoms with Gasteiger partial charge in [-0.15, -0.1) is 0 Å². The molecule has 0 aromatic heterocycles. The molecule has 0 spiro atoms. The van der Waals surface area contributed by atoms with Gasteiger partial charge in [0.05, 0.1) is 7.11 Å². The van der Waals surface area contributed by atoms with Crippen LogP contribution in [-0.2, 0) is 6.42 Å². The highest BCUT2D eigenvalue weighted by molar-refractivity contribution is 5.39. The summed E-state index contributed by atoms with van der Waals surface area (Å²) in [5.74, 6) is -0.381. The van der Waals surface area contributed by atoms with Gasteiger partial charge in [-0.1, -0.05) is 0 Å². The molecule has 1 aliphatic rings. The van der Waals surface area contributed by atoms with Gasteiger partial charge in [0.25, 0.3) is 0 Å². The highest BCUT2D eigenvalue weighted by Crippen LogP contribution is 2.27. The predicted octanol–water partition coefficient (Wildman–Crippen LogP) is 1.83. The van der Waals surface area contributed by atoms with E-state index in [1.807, 2.05) is 0 Å². The van der Waals surface area contributed by atoms with Gasteiger partial charge in [0.1, 0.15) is 5.75 Å². The molecule has 1 aromatic rings. The van der Waals surface area contributed by atoms with Gasteiger partial charge in [0, 0.05) is 12.1 Å². The van der Waals surface area contributed by atoms with Crippen molar-refractivity contribution in [3.8, 4) is 11.5 Å². The van der Waals surface area contributed by atoms with E-state index in [1.165, 1.54) is 13.2 Å². The molecule has 1 aromatic carbocycles. The molecule has 0 aliphatic carbocycles. The molecule has 0 saturated carbocycles. The van der Waals surface area contributed by atoms with Gasteiger partial charge in [0.2, 0.25) is 0 Å². The summed E-state index contributed by atoms with van der Waals surface area (Å²) in [7, 11) is 1.50. The number of phenolic OH excluding ortho intramolecular Hbond substituents is 1. The van der Waals surface area contributed by atoms with Crippen LogP contribution in [0, 0.1) is 5.82 Å². The molecule has 1 unspecified atom stereocenters. The van der Waals surface area contributed by atoms with E-state index in [0.29, 0.717) is 23.8 Å². The monoisotopic (exact) mass is 225 g/mol. The Hall–Kier alpha value is -1.29. The number of halogens is 1. The molecule has 4 heteroatoms. The lowest BCUT2D eigenvalue weighted by Crippen LogP contribution is -2.24. The molecule has 2 rings (SSSR count). The van der Waals surface area contributed by atoms with Crippen molar-refractivity contribution in [3.63, 3.8) is 0 Å². The van der Waals surface area contributed by atoms with Crippen LogP contribution in [0.2, 0.25) is 0 Å². The predicted molar refractivity (Wildman–Crippen MR) is 59.3 cm³/mol. The first-order chi connectivity index (χ1) is 7.70. The van der Waals surface area contributed by atoms with E-state index in [4.69, 9.17) is 4.74 Å². The summed E-state index contributed by atoms with van der Waals surface area (Å²) >= 11 is 0. The second-order valence-electron chi connectivity index (χ2n) is 4.12. The van der Waals surface area contributed by atoms with E-state index in [2.05, 4.69) is 5.32 Å². The maximum atomic E-state index is 13.6. The number of phenols is 1. The molecule has 88 valence electrons. The average Bonchev–Trinajstić information content (AvgIpc) is 2.77. The minimum Gasteiger partial charge on any atom is -0.505 e. The lowest BCUT2D eigenvalue weighted by molar-refractivity contribution is 0.393. The van der Waals surface area contributed by atoms with Crippen LogP contribution in [0.15, 0.2) is 12.1 Å². The topological polar surface area (TPSA) is 41.5 Å². The fourth-order valence-corrected chi connectivity index (χ4v) is 2.10. The summed E-state index contributed by atoms with van der Waals surface area (Å²) in [6.45, 7) is 0.988. The molecule has 1 heterocycles. The first-order valence-corrected chi connectivity index (χ1v) is 5.49. The van der Waals surface area contributed by atoms with Crippen LogP contribution < -0.4 is 10.1 Å². The molecule has 0 bridgehead atoms. The van der Waals surface area contributed by atoms with Crippen LogP contribution in [0.1, 0.15) is 18.4 Å². The number of benzene rings is 1. The first kappa shape index (κ1) is 11.2. The van der Waals surface area contributed by atoms with Gasteiger partial charge < -0.3 is 15.2 Å². The number of ether oxygens (including phenoxy) is 1. The Morgan fingerprint density at radius 2 is 2.38 bits per heavy atom. The molecule has 3 nitrogen and oxygen atoms in total. The Labute approximate surface area is 94.2 Å². The largest absolute Gasteiger partial charge is 0.505 e. The number of rotatable bonds is 3. The van der Waals surface area contributed by atoms with Crippen molar-refractivity contribution in [2.24, 2.45) is 0 Å². The number of aromatic hydroxyl groups is 1. The maximum absolute atomic E-state index is 13.6. The minimum absolute atomic E-state index is 0.306. The molecule has 16 heavy (non-hydrogen) atoms. The molecule has 2 N–H and O–H groups in total. The highest BCUT2D eigenvalue weighted by Gasteiger charge is 2.18. The normalized spacial score (nSPS) is 20.0. The van der Waals surface area contributed by atoms with Crippen molar-refractivity contribution in [2.75, 3.05) is 13.7 Å². The molecule has 1 aliphatic heterocycles. The fraction of sp³-hybridized carbons (Fsp3) is 0.500. The highest BCUT2D eigenvalue weighted by atomic mass is 19.1. The van der Waals surface area contributed by atoms with Crippen LogP contribution >= 0.6 is 0 Å². The Bertz CT molecular complexity index is 376. The first-order valence-electron chi connectivity index (χ1n) is 5.49. The van der Waals surface area contributed by atoms with Crippen LogP contribution in [0.3, 0.4) is 0 Å². The zero-order chi connectivity index (χ0) is 11.5. The fourth-order valence-electron chi connectivity index (χ4n) is 2.10. The number of nitrogens with one attached hydrogen (secondary N) is 1. The number of hydrogen-bond acceptors (Lipinski definition) is 3. The Balaban J connectivity index is 2.20. The smallest absolute Gasteiger partial charge is 0.168 e. The van der Waals surface area contributed by atoms with Gasteiger partial charge in [-0.2, -0.15) is 0 Å². The van der Waals surface area contributed by atoms with E-state index in [9.17, 15) is 9.50 Å². The third-order valence-electron chi connectivity index (χ3n) is 2.97. The molecule has 1 fully saturated rings. The van der Waals surface area contributed by atoms with Gasteiger partial charge in [-0.25, -0.2) is 4.39 Å². The summed E-state index contributed by atoms with van der Waals surface area (Å²) in [4.78, 5) is 0. The van der Waals surface area contributed by atoms with E-state index >= 15 is 0 Å². The summed E-state index contributed by atoms with van der Waals surface area (Å²) < 4.78 is 18.6. The quantitative estimate of drug-likeness (QED) is 0.824. The SMILES string of the molecule is COc1cc(O)c(F)c(CC2CCCN2)c1. The Morgan fingerprint density at radius 1 is 1.56 bits per heavy atom. The van der Waals surface area contributed by atoms with Crippen molar-refractivity contribution >= 4 is 0 Å². The van der Waals surface area contributed by atoms with Crippen molar-refractivity contribution in [1.29, 1.82) is 0 Å². The van der Waals surface area contributed by atoms with Gasteiger partial charge in [-0.3, -0.25) is 0 Å². The zero-order valence-electron chi connectivity index (χ0n) is 9.29. The lowest BCUT2D eigenvalue weighted by atomic mass is 10.0. The van der Waals surface area contributed by atoms with Crippen molar-refractivity contribution in [2.45, 2.75) is 25.3 Å². The summed E-state index contributed by atoms with van der Waals surface area (Å²) in [5.41, 5.74) is 0.510. The van der Waals surface area contributed by atoms with E-state index in [1.54, 1.807) is 6.07 Å². The molecular formula is C12H16FNO2. The van der Waals surface area contributed by atoms with E-state index < -0.39 is 5.82 Å². The minimum atomic E-state index is -0.533. The third-order valence-corrected chi connectivity index (χ3v) is 2.97. The molecule has 0 amide bonds. The standard InChI is InChI=1S/C12H16FNO2/c1-16-10-6-8(12(13)11(15)7-10)5-9-3-2-4-14-9/h6-7,9,14-15H,2-5H2,1H3. The summed E-state index contributed by atoms with van der Waals surface area (Å²) in [6.07, 6.45) is 2.77. The van der Waals surface area contributed by atoms with Gasteiger partial charge >= 0.3 is 0 Å². The molecule has 0 radical (unpaired) electrons. The molecule has 1 atom stereocenters. The second-order valence-corrected chi connectivity index (χ2v) is 4.12. The van der Waals surface area contributed by atoms with Gasteiger partial charge in [-0.05, 0) is 37.4 Å². The summed E-state index contributed by atoms with van der Waals surface area (Å²) in [5, 5.41) is 12.7. The third kappa shape index (κ3) is 2.27. The lowest BCUT2D eigenvalue weighted by Gasteiger charge is -2.12. The Kier molecular flexibility index (Phi) is 3.29. The van der Waals surface area contributed by atoms with Crippen molar-refractivity contribution < 1.29 is 14.2 Å². The van der Waals surface area contributed by atoms with Crippen LogP contribution in [0.4, 0.5) is 4.39 Å². The van der Waals surface area contributed by atoms with E-state index in [0.717, 1.165) is 19.4 Å². The van der Waals surface area contributed by atoms with Crippen LogP contribution in [-0.4, -0.2) is 24.8 Å². The van der Waals surface area contributed by atoms with Gasteiger partial charge in [0.15, 0.2) is 11.6 Å². The van der Waals surface area contributed by atoms with Crippen LogP contribution in [0.25, 0.3) is 0 Å². The maximum Gasteiger partial charge on any atom is 0.168 e. The number of hydrogen-bond donors (Lipinski definition) is 2. The van der Waals surface area contributed by atoms with Crippen LogP contribution in [0.5, 0.6) is 11.5 Å². The Morgan fingerprint density at radius 3 is 3.00 bits per heavy atom. The molecule has 1 saturated heterocycles. The molecular weight excluding hydrogens is 209 g/mol. The number of methoxy groups -OCH3 is 1. The summed E-state index contributed by atoms with van der Waals surface area (Å²) in [6, 6.07) is 3.25. The van der Waals surface area contributed by atoms with E-state index in [-0.39, 0.29) is 5.75 Å². The van der Waals surface area contributed by atoms with Crippen molar-refractivity contribution in [3.05, 3.63) is 23.5 Å². The van der Waals surface area contributed by atoms with Crippen molar-refractivity contribution in [1.82, 2.24) is 5.32 Å².